The summed E-state index contributed by atoms with van der Waals surface area (Å²) >= 11 is 3.92. The van der Waals surface area contributed by atoms with Crippen molar-refractivity contribution in [2.75, 3.05) is 11.5 Å². The van der Waals surface area contributed by atoms with Crippen LogP contribution in [0.25, 0.3) is 0 Å². The molecule has 1 saturated heterocycles. The maximum absolute atomic E-state index is 10.9. The Bertz CT molecular complexity index is 658. The van der Waals surface area contributed by atoms with Crippen LogP contribution in [0, 0.1) is 6.92 Å². The largest absolute Gasteiger partial charge is 0.507 e. The summed E-state index contributed by atoms with van der Waals surface area (Å²) in [5, 5.41) is 10.9. The molecule has 1 N–H and O–H groups in total. The summed E-state index contributed by atoms with van der Waals surface area (Å²) in [6.45, 7) is 4.27. The van der Waals surface area contributed by atoms with Crippen molar-refractivity contribution in [3.05, 3.63) is 64.2 Å². The maximum Gasteiger partial charge on any atom is 0.124 e. The third-order valence-electron chi connectivity index (χ3n) is 4.44. The molecule has 0 spiro atoms. The van der Waals surface area contributed by atoms with E-state index in [0.717, 1.165) is 24.0 Å². The second kappa shape index (κ2) is 7.67. The summed E-state index contributed by atoms with van der Waals surface area (Å²) in [5.74, 6) is 2.90. The zero-order valence-electron chi connectivity index (χ0n) is 13.8. The van der Waals surface area contributed by atoms with E-state index in [-0.39, 0.29) is 0 Å². The minimum absolute atomic E-state index is 0.380. The van der Waals surface area contributed by atoms with Crippen molar-refractivity contribution in [2.45, 2.75) is 37.7 Å². The van der Waals surface area contributed by atoms with Gasteiger partial charge in [-0.3, -0.25) is 0 Å². The van der Waals surface area contributed by atoms with E-state index in [4.69, 9.17) is 0 Å². The molecule has 2 aromatic rings. The van der Waals surface area contributed by atoms with Crippen LogP contribution in [0.15, 0.2) is 36.4 Å². The predicted molar refractivity (Wildman–Crippen MR) is 104 cm³/mol. The lowest BCUT2D eigenvalue weighted by Crippen LogP contribution is -2.03. The van der Waals surface area contributed by atoms with Crippen molar-refractivity contribution in [2.24, 2.45) is 0 Å². The molecule has 1 heterocycles. The monoisotopic (exact) mass is 344 g/mol. The average molecular weight is 345 g/mol. The zero-order chi connectivity index (χ0) is 16.2. The van der Waals surface area contributed by atoms with Gasteiger partial charge in [-0.2, -0.15) is 0 Å². The molecule has 0 atom stereocenters. The molecule has 0 bridgehead atoms. The van der Waals surface area contributed by atoms with E-state index < -0.39 is 0 Å². The van der Waals surface area contributed by atoms with E-state index >= 15 is 0 Å². The lowest BCUT2D eigenvalue weighted by Gasteiger charge is -2.23. The average Bonchev–Trinajstić information content (AvgIpc) is 2.60. The maximum atomic E-state index is 10.9. The van der Waals surface area contributed by atoms with Gasteiger partial charge in [-0.05, 0) is 48.0 Å². The molecule has 0 amide bonds. The SMILES string of the molecule is CCc1ccc(Cc2c(C)ccc(C3SCCCS3)c2O)cc1. The van der Waals surface area contributed by atoms with Gasteiger partial charge in [0.2, 0.25) is 0 Å². The smallest absolute Gasteiger partial charge is 0.124 e. The van der Waals surface area contributed by atoms with Gasteiger partial charge < -0.3 is 5.11 Å². The van der Waals surface area contributed by atoms with Crippen LogP contribution in [0.2, 0.25) is 0 Å². The Morgan fingerprint density at radius 3 is 2.30 bits per heavy atom. The van der Waals surface area contributed by atoms with Gasteiger partial charge in [0, 0.05) is 17.5 Å². The molecular weight excluding hydrogens is 320 g/mol. The molecule has 0 unspecified atom stereocenters. The normalized spacial score (nSPS) is 15.7. The Morgan fingerprint density at radius 1 is 1.00 bits per heavy atom. The number of phenolic OH excluding ortho intramolecular Hbond substituents is 1. The van der Waals surface area contributed by atoms with E-state index in [1.165, 1.54) is 34.6 Å². The lowest BCUT2D eigenvalue weighted by atomic mass is 9.96. The van der Waals surface area contributed by atoms with Crippen LogP contribution < -0.4 is 0 Å². The Kier molecular flexibility index (Phi) is 5.60. The van der Waals surface area contributed by atoms with Crippen LogP contribution in [-0.4, -0.2) is 16.6 Å². The fourth-order valence-electron chi connectivity index (χ4n) is 2.93. The molecule has 0 aromatic heterocycles. The van der Waals surface area contributed by atoms with Crippen molar-refractivity contribution in [3.8, 4) is 5.75 Å². The zero-order valence-corrected chi connectivity index (χ0v) is 15.5. The molecule has 122 valence electrons. The van der Waals surface area contributed by atoms with Crippen LogP contribution in [-0.2, 0) is 12.8 Å². The van der Waals surface area contributed by atoms with Crippen LogP contribution in [0.4, 0.5) is 0 Å². The molecule has 1 fully saturated rings. The van der Waals surface area contributed by atoms with Crippen LogP contribution in [0.1, 0.15) is 45.7 Å². The molecule has 0 radical (unpaired) electrons. The molecule has 1 nitrogen and oxygen atoms in total. The second-order valence-corrected chi connectivity index (χ2v) is 8.80. The van der Waals surface area contributed by atoms with Crippen molar-refractivity contribution in [3.63, 3.8) is 0 Å². The van der Waals surface area contributed by atoms with Crippen LogP contribution in [0.5, 0.6) is 5.75 Å². The van der Waals surface area contributed by atoms with Gasteiger partial charge in [0.25, 0.3) is 0 Å². The topological polar surface area (TPSA) is 20.2 Å². The van der Waals surface area contributed by atoms with E-state index in [1.54, 1.807) is 0 Å². The summed E-state index contributed by atoms with van der Waals surface area (Å²) in [6.07, 6.45) is 3.14. The Balaban J connectivity index is 1.88. The summed E-state index contributed by atoms with van der Waals surface area (Å²) in [4.78, 5) is 0. The molecule has 2 aromatic carbocycles. The number of hydrogen-bond donors (Lipinski definition) is 1. The first-order valence-electron chi connectivity index (χ1n) is 8.31. The van der Waals surface area contributed by atoms with Crippen LogP contribution >= 0.6 is 23.5 Å². The minimum Gasteiger partial charge on any atom is -0.507 e. The second-order valence-electron chi connectivity index (χ2n) is 6.07. The molecule has 23 heavy (non-hydrogen) atoms. The number of aryl methyl sites for hydroxylation is 2. The Labute approximate surface area is 147 Å². The van der Waals surface area contributed by atoms with E-state index in [0.29, 0.717) is 10.3 Å². The van der Waals surface area contributed by atoms with Crippen LogP contribution in [0.3, 0.4) is 0 Å². The molecular formula is C20H24OS2. The number of phenols is 1. The first-order chi connectivity index (χ1) is 11.2. The molecule has 1 aliphatic rings. The van der Waals surface area contributed by atoms with E-state index in [9.17, 15) is 5.11 Å². The van der Waals surface area contributed by atoms with Gasteiger partial charge in [-0.25, -0.2) is 0 Å². The highest BCUT2D eigenvalue weighted by molar-refractivity contribution is 8.16. The fraction of sp³-hybridized carbons (Fsp3) is 0.400. The first kappa shape index (κ1) is 16.8. The van der Waals surface area contributed by atoms with E-state index in [2.05, 4.69) is 50.2 Å². The van der Waals surface area contributed by atoms with Crippen molar-refractivity contribution in [1.29, 1.82) is 0 Å². The van der Waals surface area contributed by atoms with Crippen molar-refractivity contribution in [1.82, 2.24) is 0 Å². The third-order valence-corrected chi connectivity index (χ3v) is 7.42. The number of rotatable bonds is 4. The van der Waals surface area contributed by atoms with Gasteiger partial charge in [-0.15, -0.1) is 23.5 Å². The fourth-order valence-corrected chi connectivity index (χ4v) is 5.87. The highest BCUT2D eigenvalue weighted by Crippen LogP contribution is 2.47. The summed E-state index contributed by atoms with van der Waals surface area (Å²) in [6, 6.07) is 13.0. The van der Waals surface area contributed by atoms with E-state index in [1.807, 2.05) is 23.5 Å². The molecule has 3 heteroatoms. The van der Waals surface area contributed by atoms with Gasteiger partial charge in [0.05, 0.1) is 4.58 Å². The summed E-state index contributed by atoms with van der Waals surface area (Å²) in [7, 11) is 0. The molecule has 3 rings (SSSR count). The molecule has 1 aliphatic heterocycles. The number of thioether (sulfide) groups is 2. The number of aromatic hydroxyl groups is 1. The number of hydrogen-bond acceptors (Lipinski definition) is 3. The first-order valence-corrected chi connectivity index (χ1v) is 10.4. The minimum atomic E-state index is 0.380. The molecule has 0 saturated carbocycles. The highest BCUT2D eigenvalue weighted by atomic mass is 32.2. The lowest BCUT2D eigenvalue weighted by molar-refractivity contribution is 0.464. The standard InChI is InChI=1S/C20H24OS2/c1-3-15-6-8-16(9-7-15)13-18-14(2)5-10-17(19(18)21)20-22-11-4-12-23-20/h5-10,20-21H,3-4,11-13H2,1-2H3. The predicted octanol–water partition coefficient (Wildman–Crippen LogP) is 5.72. The van der Waals surface area contributed by atoms with Gasteiger partial charge in [0.15, 0.2) is 0 Å². The third kappa shape index (κ3) is 3.89. The van der Waals surface area contributed by atoms with Gasteiger partial charge in [-0.1, -0.05) is 43.3 Å². The quantitative estimate of drug-likeness (QED) is 0.765. The molecule has 0 aliphatic carbocycles. The Hall–Kier alpha value is -1.06. The summed E-state index contributed by atoms with van der Waals surface area (Å²) < 4.78 is 0.380. The van der Waals surface area contributed by atoms with Gasteiger partial charge >= 0.3 is 0 Å². The summed E-state index contributed by atoms with van der Waals surface area (Å²) in [5.41, 5.74) is 5.99. The van der Waals surface area contributed by atoms with Crippen molar-refractivity contribution < 1.29 is 5.11 Å². The Morgan fingerprint density at radius 2 is 1.65 bits per heavy atom. The van der Waals surface area contributed by atoms with Crippen molar-refractivity contribution >= 4 is 23.5 Å². The highest BCUT2D eigenvalue weighted by Gasteiger charge is 2.22. The van der Waals surface area contributed by atoms with Gasteiger partial charge in [0.1, 0.15) is 5.75 Å². The number of benzene rings is 2.